The molecule has 0 aromatic rings. The number of halogens is 1. The smallest absolute Gasteiger partial charge is 0.0786 e. The Morgan fingerprint density at radius 2 is 0.560 bits per heavy atom. The Balaban J connectivity index is 0. The molecule has 0 saturated carbocycles. The van der Waals surface area contributed by atoms with Gasteiger partial charge in [-0.2, -0.15) is 0 Å². The molecule has 0 N–H and O–H groups in total. The maximum atomic E-state index is 2.36. The van der Waals surface area contributed by atoms with E-state index in [0.29, 0.717) is 0 Å². The summed E-state index contributed by atoms with van der Waals surface area (Å²) in [5, 5.41) is 0. The molecular formula is C22H50BrN2+. The van der Waals surface area contributed by atoms with Crippen molar-refractivity contribution in [3.63, 3.8) is 0 Å². The second-order valence-electron chi connectivity index (χ2n) is 7.86. The third kappa shape index (κ3) is 11.0. The van der Waals surface area contributed by atoms with Crippen LogP contribution in [0.2, 0.25) is 0 Å². The average Bonchev–Trinajstić information content (AvgIpc) is 2.64. The van der Waals surface area contributed by atoms with E-state index in [9.17, 15) is 0 Å². The lowest BCUT2D eigenvalue weighted by atomic mass is 10.1. The molecule has 3 heteroatoms. The van der Waals surface area contributed by atoms with Crippen LogP contribution in [0.25, 0.3) is 0 Å². The van der Waals surface area contributed by atoms with E-state index < -0.39 is 0 Å². The summed E-state index contributed by atoms with van der Waals surface area (Å²) >= 11 is 0. The van der Waals surface area contributed by atoms with Gasteiger partial charge in [-0.3, -0.25) is 0 Å². The van der Waals surface area contributed by atoms with Crippen LogP contribution in [0.1, 0.15) is 92.9 Å². The van der Waals surface area contributed by atoms with Crippen molar-refractivity contribution in [1.29, 1.82) is 0 Å². The van der Waals surface area contributed by atoms with Crippen LogP contribution in [0.5, 0.6) is 0 Å². The van der Waals surface area contributed by atoms with Crippen LogP contribution in [-0.4, -0.2) is 61.3 Å². The number of quaternary nitrogens is 2. The molecule has 0 aromatic heterocycles. The summed E-state index contributed by atoms with van der Waals surface area (Å²) in [4.78, 5) is 0. The van der Waals surface area contributed by atoms with E-state index in [0.717, 1.165) is 0 Å². The van der Waals surface area contributed by atoms with Crippen molar-refractivity contribution in [3.8, 4) is 0 Å². The fraction of sp³-hybridized carbons (Fsp3) is 1.00. The van der Waals surface area contributed by atoms with E-state index in [1.165, 1.54) is 113 Å². The number of rotatable bonds is 17. The Kier molecular flexibility index (Phi) is 18.3. The molecule has 0 fully saturated rings. The molecule has 0 aliphatic carbocycles. The molecule has 0 amide bonds. The second-order valence-corrected chi connectivity index (χ2v) is 7.86. The molecule has 0 heterocycles. The van der Waals surface area contributed by atoms with Crippen molar-refractivity contribution >= 4 is 0 Å². The van der Waals surface area contributed by atoms with Gasteiger partial charge in [0.05, 0.1) is 52.4 Å². The summed E-state index contributed by atoms with van der Waals surface area (Å²) in [5.74, 6) is 0. The average molecular weight is 423 g/mol. The van der Waals surface area contributed by atoms with Crippen LogP contribution in [0.15, 0.2) is 0 Å². The van der Waals surface area contributed by atoms with Crippen LogP contribution in [0, 0.1) is 0 Å². The Hall–Kier alpha value is 0.400. The summed E-state index contributed by atoms with van der Waals surface area (Å²) in [7, 11) is 0. The van der Waals surface area contributed by atoms with Crippen molar-refractivity contribution < 1.29 is 25.9 Å². The summed E-state index contributed by atoms with van der Waals surface area (Å²) in [6, 6.07) is 0. The third-order valence-corrected chi connectivity index (χ3v) is 7.04. The van der Waals surface area contributed by atoms with Crippen molar-refractivity contribution in [3.05, 3.63) is 0 Å². The fourth-order valence-electron chi connectivity index (χ4n) is 4.25. The van der Waals surface area contributed by atoms with Crippen molar-refractivity contribution in [2.75, 3.05) is 52.4 Å². The molecular weight excluding hydrogens is 372 g/mol. The van der Waals surface area contributed by atoms with E-state index in [4.69, 9.17) is 0 Å². The zero-order valence-electron chi connectivity index (χ0n) is 18.6. The minimum absolute atomic E-state index is 0. The van der Waals surface area contributed by atoms with Crippen molar-refractivity contribution in [2.45, 2.75) is 92.9 Å². The quantitative estimate of drug-likeness (QED) is 0.250. The normalized spacial score (nSPS) is 12.2. The first-order valence-electron chi connectivity index (χ1n) is 11.3. The Bertz CT molecular complexity index is 229. The highest BCUT2D eigenvalue weighted by Crippen LogP contribution is 2.14. The van der Waals surface area contributed by atoms with Crippen LogP contribution >= 0.6 is 0 Å². The number of nitrogens with zero attached hydrogens (tertiary/aromatic N) is 2. The Morgan fingerprint density at radius 3 is 0.760 bits per heavy atom. The molecule has 0 bridgehead atoms. The third-order valence-electron chi connectivity index (χ3n) is 7.04. The first kappa shape index (κ1) is 27.6. The number of unbranched alkanes of at least 4 members (excludes halogenated alkanes) is 7. The zero-order valence-corrected chi connectivity index (χ0v) is 20.2. The predicted octanol–water partition coefficient (Wildman–Crippen LogP) is 2.86. The lowest BCUT2D eigenvalue weighted by molar-refractivity contribution is -0.923. The highest BCUT2D eigenvalue weighted by atomic mass is 79.9. The second kappa shape index (κ2) is 16.6. The molecule has 0 unspecified atom stereocenters. The topological polar surface area (TPSA) is 0 Å². The fourth-order valence-corrected chi connectivity index (χ4v) is 4.25. The van der Waals surface area contributed by atoms with Gasteiger partial charge in [0.2, 0.25) is 0 Å². The minimum atomic E-state index is 0. The summed E-state index contributed by atoms with van der Waals surface area (Å²) in [6.07, 6.45) is 11.6. The van der Waals surface area contributed by atoms with E-state index in [-0.39, 0.29) is 17.0 Å². The highest BCUT2D eigenvalue weighted by Gasteiger charge is 2.20. The maximum absolute atomic E-state index is 2.36. The van der Waals surface area contributed by atoms with Gasteiger partial charge in [-0.15, -0.1) is 0 Å². The minimum Gasteiger partial charge on any atom is -1.00 e. The van der Waals surface area contributed by atoms with Gasteiger partial charge in [0.25, 0.3) is 0 Å². The number of hydrogen-bond acceptors (Lipinski definition) is 0. The molecule has 0 radical (unpaired) electrons. The highest BCUT2D eigenvalue weighted by molar-refractivity contribution is 4.49. The Labute approximate surface area is 171 Å². The zero-order chi connectivity index (χ0) is 18.3. The maximum Gasteiger partial charge on any atom is 0.0786 e. The standard InChI is InChI=1S/C22H50N2.BrH/c1-7-23(8-2,9-3)21-19-17-15-13-14-16-18-20-22-24(10-4,11-5)12-6;/h7-22H2,1-6H3;1H/q+2;/p-1. The van der Waals surface area contributed by atoms with E-state index >= 15 is 0 Å². The van der Waals surface area contributed by atoms with Gasteiger partial charge in [-0.1, -0.05) is 25.7 Å². The first-order valence-corrected chi connectivity index (χ1v) is 11.3. The summed E-state index contributed by atoms with van der Waals surface area (Å²) < 4.78 is 2.65. The van der Waals surface area contributed by atoms with Gasteiger partial charge < -0.3 is 25.9 Å². The molecule has 0 aliphatic rings. The summed E-state index contributed by atoms with van der Waals surface area (Å²) in [6.45, 7) is 24.8. The van der Waals surface area contributed by atoms with E-state index in [1.807, 2.05) is 0 Å². The van der Waals surface area contributed by atoms with Crippen LogP contribution in [-0.2, 0) is 0 Å². The SMILES string of the molecule is CC[N+](CC)(CC)CCCCCCCCCC[N+](CC)(CC)CC.[Br-]. The predicted molar refractivity (Wildman–Crippen MR) is 110 cm³/mol. The number of hydrogen-bond donors (Lipinski definition) is 0. The summed E-state index contributed by atoms with van der Waals surface area (Å²) in [5.41, 5.74) is 0. The molecule has 0 spiro atoms. The van der Waals surface area contributed by atoms with Crippen LogP contribution in [0.3, 0.4) is 0 Å². The van der Waals surface area contributed by atoms with E-state index in [2.05, 4.69) is 41.5 Å². The molecule has 0 rings (SSSR count). The lowest BCUT2D eigenvalue weighted by Crippen LogP contribution is -3.00. The molecule has 0 saturated heterocycles. The van der Waals surface area contributed by atoms with Crippen LogP contribution < -0.4 is 17.0 Å². The Morgan fingerprint density at radius 1 is 0.360 bits per heavy atom. The largest absolute Gasteiger partial charge is 1.00 e. The molecule has 154 valence electrons. The molecule has 0 aromatic carbocycles. The molecule has 2 nitrogen and oxygen atoms in total. The van der Waals surface area contributed by atoms with Crippen molar-refractivity contribution in [2.24, 2.45) is 0 Å². The van der Waals surface area contributed by atoms with Gasteiger partial charge >= 0.3 is 0 Å². The van der Waals surface area contributed by atoms with Crippen molar-refractivity contribution in [1.82, 2.24) is 0 Å². The molecule has 0 aliphatic heterocycles. The molecule has 25 heavy (non-hydrogen) atoms. The van der Waals surface area contributed by atoms with Crippen LogP contribution in [0.4, 0.5) is 0 Å². The monoisotopic (exact) mass is 421 g/mol. The van der Waals surface area contributed by atoms with Gasteiger partial charge in [-0.05, 0) is 67.2 Å². The van der Waals surface area contributed by atoms with Gasteiger partial charge in [0.1, 0.15) is 0 Å². The first-order chi connectivity index (χ1) is 11.6. The van der Waals surface area contributed by atoms with E-state index in [1.54, 1.807) is 0 Å². The van der Waals surface area contributed by atoms with Gasteiger partial charge in [0.15, 0.2) is 0 Å². The van der Waals surface area contributed by atoms with Gasteiger partial charge in [-0.25, -0.2) is 0 Å². The van der Waals surface area contributed by atoms with Gasteiger partial charge in [0, 0.05) is 0 Å². The lowest BCUT2D eigenvalue weighted by Gasteiger charge is -2.36. The molecule has 0 atom stereocenters.